The fraction of sp³-hybridized carbons (Fsp3) is 0.684. The van der Waals surface area contributed by atoms with Crippen molar-refractivity contribution in [2.75, 3.05) is 6.54 Å². The van der Waals surface area contributed by atoms with Crippen LogP contribution in [0.25, 0.3) is 0 Å². The molecule has 1 aliphatic carbocycles. The SMILES string of the molecule is CCNC(C)c1cccc(OC2CC(C)CC(C)(C)C2)c1. The van der Waals surface area contributed by atoms with Crippen LogP contribution in [0.5, 0.6) is 5.75 Å². The molecule has 0 saturated heterocycles. The summed E-state index contributed by atoms with van der Waals surface area (Å²) in [5, 5.41) is 3.46. The molecule has 1 N–H and O–H groups in total. The quantitative estimate of drug-likeness (QED) is 0.828. The van der Waals surface area contributed by atoms with Gasteiger partial charge in [0, 0.05) is 6.04 Å². The van der Waals surface area contributed by atoms with Crippen molar-refractivity contribution in [3.8, 4) is 5.75 Å². The standard InChI is InChI=1S/C19H31NO/c1-6-20-15(3)16-8-7-9-17(11-16)21-18-10-14(2)12-19(4,5)13-18/h7-9,11,14-15,18,20H,6,10,12-13H2,1-5H3. The van der Waals surface area contributed by atoms with Crippen LogP contribution in [0.2, 0.25) is 0 Å². The van der Waals surface area contributed by atoms with Gasteiger partial charge in [0.25, 0.3) is 0 Å². The van der Waals surface area contributed by atoms with E-state index in [1.54, 1.807) is 0 Å². The Morgan fingerprint density at radius 1 is 1.33 bits per heavy atom. The minimum Gasteiger partial charge on any atom is -0.490 e. The van der Waals surface area contributed by atoms with Crippen LogP contribution in [-0.2, 0) is 0 Å². The lowest BCUT2D eigenvalue weighted by atomic mass is 9.71. The van der Waals surface area contributed by atoms with Crippen molar-refractivity contribution in [1.29, 1.82) is 0 Å². The van der Waals surface area contributed by atoms with Gasteiger partial charge in [-0.05, 0) is 61.8 Å². The Hall–Kier alpha value is -1.02. The molecular formula is C19H31NO. The van der Waals surface area contributed by atoms with Crippen molar-refractivity contribution < 1.29 is 4.74 Å². The second-order valence-electron chi connectivity index (χ2n) is 7.51. The molecule has 0 spiro atoms. The summed E-state index contributed by atoms with van der Waals surface area (Å²) in [6, 6.07) is 8.94. The highest BCUT2D eigenvalue weighted by Crippen LogP contribution is 2.40. The molecule has 118 valence electrons. The van der Waals surface area contributed by atoms with E-state index in [0.717, 1.165) is 24.6 Å². The molecule has 0 radical (unpaired) electrons. The molecule has 21 heavy (non-hydrogen) atoms. The summed E-state index contributed by atoms with van der Waals surface area (Å²) in [5.74, 6) is 1.77. The molecular weight excluding hydrogens is 258 g/mol. The van der Waals surface area contributed by atoms with Gasteiger partial charge >= 0.3 is 0 Å². The van der Waals surface area contributed by atoms with Crippen molar-refractivity contribution in [3.63, 3.8) is 0 Å². The predicted molar refractivity (Wildman–Crippen MR) is 89.7 cm³/mol. The Balaban J connectivity index is 2.04. The number of hydrogen-bond acceptors (Lipinski definition) is 2. The molecule has 2 heteroatoms. The Labute approximate surface area is 130 Å². The van der Waals surface area contributed by atoms with Gasteiger partial charge in [-0.15, -0.1) is 0 Å². The van der Waals surface area contributed by atoms with Gasteiger partial charge in [-0.25, -0.2) is 0 Å². The summed E-state index contributed by atoms with van der Waals surface area (Å²) in [5.41, 5.74) is 1.70. The Morgan fingerprint density at radius 2 is 2.10 bits per heavy atom. The van der Waals surface area contributed by atoms with E-state index < -0.39 is 0 Å². The second kappa shape index (κ2) is 6.83. The topological polar surface area (TPSA) is 21.3 Å². The van der Waals surface area contributed by atoms with Crippen molar-refractivity contribution >= 4 is 0 Å². The monoisotopic (exact) mass is 289 g/mol. The van der Waals surface area contributed by atoms with E-state index in [0.29, 0.717) is 17.6 Å². The van der Waals surface area contributed by atoms with Crippen molar-refractivity contribution in [1.82, 2.24) is 5.32 Å². The Morgan fingerprint density at radius 3 is 2.76 bits per heavy atom. The van der Waals surface area contributed by atoms with E-state index in [9.17, 15) is 0 Å². The smallest absolute Gasteiger partial charge is 0.120 e. The molecule has 3 unspecified atom stereocenters. The number of hydrogen-bond donors (Lipinski definition) is 1. The highest BCUT2D eigenvalue weighted by molar-refractivity contribution is 5.30. The van der Waals surface area contributed by atoms with Gasteiger partial charge in [0.1, 0.15) is 5.75 Å². The summed E-state index contributed by atoms with van der Waals surface area (Å²) in [7, 11) is 0. The number of rotatable bonds is 5. The lowest BCUT2D eigenvalue weighted by Gasteiger charge is -2.38. The van der Waals surface area contributed by atoms with Crippen LogP contribution >= 0.6 is 0 Å². The van der Waals surface area contributed by atoms with Crippen LogP contribution in [-0.4, -0.2) is 12.6 Å². The van der Waals surface area contributed by atoms with Gasteiger partial charge in [-0.1, -0.05) is 39.8 Å². The third kappa shape index (κ3) is 4.74. The van der Waals surface area contributed by atoms with Crippen molar-refractivity contribution in [3.05, 3.63) is 29.8 Å². The van der Waals surface area contributed by atoms with Gasteiger partial charge in [0.15, 0.2) is 0 Å². The van der Waals surface area contributed by atoms with E-state index in [-0.39, 0.29) is 0 Å². The first-order valence-corrected chi connectivity index (χ1v) is 8.39. The van der Waals surface area contributed by atoms with E-state index in [2.05, 4.69) is 64.2 Å². The first kappa shape index (κ1) is 16.4. The molecule has 0 aromatic heterocycles. The normalized spacial score (nSPS) is 26.3. The zero-order chi connectivity index (χ0) is 15.5. The summed E-state index contributed by atoms with van der Waals surface area (Å²) >= 11 is 0. The Bertz CT molecular complexity index is 455. The molecule has 1 aromatic rings. The first-order chi connectivity index (χ1) is 9.89. The molecule has 0 amide bonds. The van der Waals surface area contributed by atoms with Crippen LogP contribution < -0.4 is 10.1 Å². The van der Waals surface area contributed by atoms with Gasteiger partial charge in [0.05, 0.1) is 6.10 Å². The molecule has 2 nitrogen and oxygen atoms in total. The summed E-state index contributed by atoms with van der Waals surface area (Å²) in [6.45, 7) is 12.4. The molecule has 2 rings (SSSR count). The molecule has 0 bridgehead atoms. The van der Waals surface area contributed by atoms with Gasteiger partial charge in [-0.2, -0.15) is 0 Å². The molecule has 1 saturated carbocycles. The summed E-state index contributed by atoms with van der Waals surface area (Å²) in [6.07, 6.45) is 4.00. The zero-order valence-corrected chi connectivity index (χ0v) is 14.3. The largest absolute Gasteiger partial charge is 0.490 e. The summed E-state index contributed by atoms with van der Waals surface area (Å²) in [4.78, 5) is 0. The molecule has 0 heterocycles. The maximum absolute atomic E-state index is 6.30. The molecule has 3 atom stereocenters. The van der Waals surface area contributed by atoms with E-state index in [4.69, 9.17) is 4.74 Å². The third-order valence-electron chi connectivity index (χ3n) is 4.52. The average molecular weight is 289 g/mol. The van der Waals surface area contributed by atoms with E-state index in [1.807, 2.05) is 0 Å². The van der Waals surface area contributed by atoms with Crippen LogP contribution in [0.15, 0.2) is 24.3 Å². The highest BCUT2D eigenvalue weighted by Gasteiger charge is 2.33. The van der Waals surface area contributed by atoms with Gasteiger partial charge in [0.2, 0.25) is 0 Å². The van der Waals surface area contributed by atoms with Gasteiger partial charge < -0.3 is 10.1 Å². The minimum atomic E-state index is 0.355. The van der Waals surface area contributed by atoms with Crippen LogP contribution in [0.3, 0.4) is 0 Å². The lowest BCUT2D eigenvalue weighted by Crippen LogP contribution is -2.34. The second-order valence-corrected chi connectivity index (χ2v) is 7.51. The van der Waals surface area contributed by atoms with Crippen molar-refractivity contribution in [2.45, 2.75) is 66.0 Å². The lowest BCUT2D eigenvalue weighted by molar-refractivity contribution is 0.0562. The maximum Gasteiger partial charge on any atom is 0.120 e. The molecule has 0 aliphatic heterocycles. The highest BCUT2D eigenvalue weighted by atomic mass is 16.5. The average Bonchev–Trinajstić information content (AvgIpc) is 2.36. The zero-order valence-electron chi connectivity index (χ0n) is 14.3. The van der Waals surface area contributed by atoms with Crippen LogP contribution in [0.1, 0.15) is 65.5 Å². The minimum absolute atomic E-state index is 0.355. The fourth-order valence-electron chi connectivity index (χ4n) is 3.82. The number of ether oxygens (including phenoxy) is 1. The maximum atomic E-state index is 6.30. The molecule has 1 aromatic carbocycles. The molecule has 1 aliphatic rings. The Kier molecular flexibility index (Phi) is 5.32. The number of nitrogens with one attached hydrogen (secondary N) is 1. The summed E-state index contributed by atoms with van der Waals surface area (Å²) < 4.78 is 6.30. The van der Waals surface area contributed by atoms with Crippen LogP contribution in [0, 0.1) is 11.3 Å². The fourth-order valence-corrected chi connectivity index (χ4v) is 3.82. The van der Waals surface area contributed by atoms with Gasteiger partial charge in [-0.3, -0.25) is 0 Å². The molecule has 1 fully saturated rings. The van der Waals surface area contributed by atoms with E-state index in [1.165, 1.54) is 18.4 Å². The first-order valence-electron chi connectivity index (χ1n) is 8.39. The third-order valence-corrected chi connectivity index (χ3v) is 4.52. The van der Waals surface area contributed by atoms with Crippen molar-refractivity contribution in [2.24, 2.45) is 11.3 Å². The number of benzene rings is 1. The predicted octanol–water partition coefficient (Wildman–Crippen LogP) is 4.95. The van der Waals surface area contributed by atoms with E-state index >= 15 is 0 Å². The van der Waals surface area contributed by atoms with Crippen LogP contribution in [0.4, 0.5) is 0 Å².